The van der Waals surface area contributed by atoms with E-state index in [4.69, 9.17) is 14.2 Å². The monoisotopic (exact) mass is 328 g/mol. The molecule has 24 heavy (non-hydrogen) atoms. The molecule has 0 amide bonds. The first-order chi connectivity index (χ1) is 11.5. The highest BCUT2D eigenvalue weighted by atomic mass is 16.5. The Kier molecular flexibility index (Phi) is 6.53. The second-order valence-electron chi connectivity index (χ2n) is 6.40. The van der Waals surface area contributed by atoms with Gasteiger partial charge < -0.3 is 14.2 Å². The Morgan fingerprint density at radius 1 is 0.792 bits per heavy atom. The van der Waals surface area contributed by atoms with Crippen LogP contribution in [0.15, 0.2) is 36.4 Å². The summed E-state index contributed by atoms with van der Waals surface area (Å²) in [4.78, 5) is 0. The van der Waals surface area contributed by atoms with Gasteiger partial charge in [-0.1, -0.05) is 32.0 Å². The molecule has 0 heterocycles. The van der Waals surface area contributed by atoms with Gasteiger partial charge in [0, 0.05) is 6.42 Å². The van der Waals surface area contributed by atoms with Crippen LogP contribution in [-0.2, 0) is 0 Å². The van der Waals surface area contributed by atoms with E-state index in [0.717, 1.165) is 29.2 Å². The molecule has 130 valence electrons. The summed E-state index contributed by atoms with van der Waals surface area (Å²) in [5.41, 5.74) is 3.62. The molecule has 0 fully saturated rings. The fourth-order valence-corrected chi connectivity index (χ4v) is 2.56. The molecule has 0 spiro atoms. The van der Waals surface area contributed by atoms with Gasteiger partial charge in [0.25, 0.3) is 0 Å². The van der Waals surface area contributed by atoms with Gasteiger partial charge in [-0.3, -0.25) is 0 Å². The number of aryl methyl sites for hydroxylation is 2. The van der Waals surface area contributed by atoms with Gasteiger partial charge in [-0.2, -0.15) is 0 Å². The average Bonchev–Trinajstić information content (AvgIpc) is 2.55. The summed E-state index contributed by atoms with van der Waals surface area (Å²) < 4.78 is 17.2. The summed E-state index contributed by atoms with van der Waals surface area (Å²) in [6.45, 7) is 9.73. The van der Waals surface area contributed by atoms with Crippen molar-refractivity contribution in [3.8, 4) is 17.2 Å². The lowest BCUT2D eigenvalue weighted by molar-refractivity contribution is 0.239. The van der Waals surface area contributed by atoms with Gasteiger partial charge in [0.2, 0.25) is 0 Å². The third kappa shape index (κ3) is 4.92. The molecule has 3 nitrogen and oxygen atoms in total. The van der Waals surface area contributed by atoms with E-state index in [-0.39, 0.29) is 0 Å². The van der Waals surface area contributed by atoms with Crippen LogP contribution in [0.1, 0.15) is 42.9 Å². The summed E-state index contributed by atoms with van der Waals surface area (Å²) in [6, 6.07) is 12.4. The lowest BCUT2D eigenvalue weighted by Crippen LogP contribution is -2.07. The molecule has 2 aromatic rings. The topological polar surface area (TPSA) is 27.7 Å². The van der Waals surface area contributed by atoms with E-state index in [9.17, 15) is 0 Å². The van der Waals surface area contributed by atoms with E-state index in [1.165, 1.54) is 11.1 Å². The first kappa shape index (κ1) is 18.2. The predicted molar refractivity (Wildman–Crippen MR) is 98.6 cm³/mol. The minimum absolute atomic E-state index is 0.452. The van der Waals surface area contributed by atoms with E-state index in [1.807, 2.05) is 25.1 Å². The zero-order valence-corrected chi connectivity index (χ0v) is 15.4. The molecule has 0 unspecified atom stereocenters. The number of rotatable bonds is 8. The molecule has 3 heteroatoms. The van der Waals surface area contributed by atoms with Crippen LogP contribution in [0.4, 0.5) is 0 Å². The van der Waals surface area contributed by atoms with Crippen molar-refractivity contribution in [1.29, 1.82) is 0 Å². The summed E-state index contributed by atoms with van der Waals surface area (Å²) in [5.74, 6) is 2.99. The van der Waals surface area contributed by atoms with Gasteiger partial charge >= 0.3 is 0 Å². The van der Waals surface area contributed by atoms with Crippen LogP contribution in [0.2, 0.25) is 0 Å². The second-order valence-corrected chi connectivity index (χ2v) is 6.40. The first-order valence-corrected chi connectivity index (χ1v) is 8.52. The zero-order valence-electron chi connectivity index (χ0n) is 15.4. The Labute approximate surface area is 145 Å². The normalized spacial score (nSPS) is 10.8. The Morgan fingerprint density at radius 3 is 2.00 bits per heavy atom. The van der Waals surface area contributed by atoms with Crippen LogP contribution in [0.25, 0.3) is 0 Å². The lowest BCUT2D eigenvalue weighted by atomic mass is 10.0. The quantitative estimate of drug-likeness (QED) is 0.617. The number of hydrogen-bond donors (Lipinski definition) is 0. The molecule has 0 aromatic heterocycles. The smallest absolute Gasteiger partial charge is 0.161 e. The van der Waals surface area contributed by atoms with E-state index in [2.05, 4.69) is 39.0 Å². The minimum Gasteiger partial charge on any atom is -0.493 e. The van der Waals surface area contributed by atoms with Crippen LogP contribution in [0, 0.1) is 13.8 Å². The molecular formula is C21H28O3. The summed E-state index contributed by atoms with van der Waals surface area (Å²) >= 11 is 0. The highest BCUT2D eigenvalue weighted by Gasteiger charge is 2.08. The molecule has 0 saturated carbocycles. The molecule has 0 atom stereocenters. The highest BCUT2D eigenvalue weighted by Crippen LogP contribution is 2.29. The molecule has 2 rings (SSSR count). The van der Waals surface area contributed by atoms with Gasteiger partial charge in [0.1, 0.15) is 5.75 Å². The fraction of sp³-hybridized carbons (Fsp3) is 0.429. The van der Waals surface area contributed by atoms with Gasteiger partial charge in [-0.15, -0.1) is 0 Å². The second kappa shape index (κ2) is 8.62. The average molecular weight is 328 g/mol. The molecule has 0 aliphatic carbocycles. The van der Waals surface area contributed by atoms with Crippen LogP contribution in [0.3, 0.4) is 0 Å². The Hall–Kier alpha value is -2.16. The van der Waals surface area contributed by atoms with Crippen LogP contribution in [-0.4, -0.2) is 20.3 Å². The maximum absolute atomic E-state index is 5.98. The van der Waals surface area contributed by atoms with Crippen molar-refractivity contribution in [2.75, 3.05) is 20.3 Å². The number of methoxy groups -OCH3 is 1. The largest absolute Gasteiger partial charge is 0.493 e. The number of hydrogen-bond acceptors (Lipinski definition) is 3. The Bertz CT molecular complexity index is 662. The Balaban J connectivity index is 1.85. The molecule has 0 saturated heterocycles. The summed E-state index contributed by atoms with van der Waals surface area (Å²) in [6.07, 6.45) is 0.822. The fourth-order valence-electron chi connectivity index (χ4n) is 2.56. The van der Waals surface area contributed by atoms with Gasteiger partial charge in [0.15, 0.2) is 11.5 Å². The summed E-state index contributed by atoms with van der Waals surface area (Å²) in [7, 11) is 1.66. The third-order valence-electron chi connectivity index (χ3n) is 3.91. The van der Waals surface area contributed by atoms with Crippen molar-refractivity contribution in [2.45, 2.75) is 40.0 Å². The molecule has 0 bridgehead atoms. The van der Waals surface area contributed by atoms with Gasteiger partial charge in [0.05, 0.1) is 20.3 Å². The van der Waals surface area contributed by atoms with Crippen LogP contribution < -0.4 is 14.2 Å². The van der Waals surface area contributed by atoms with E-state index in [1.54, 1.807) is 7.11 Å². The SMILES string of the molecule is COc1cc(C)ccc1OCCCOc1cc(C)ccc1C(C)C. The molecule has 0 N–H and O–H groups in total. The standard InChI is InChI=1S/C21H28O3/c1-15(2)18-9-7-16(3)13-20(18)24-12-6-11-23-19-10-8-17(4)14-21(19)22-5/h7-10,13-15H,6,11-12H2,1-5H3. The molecular weight excluding hydrogens is 300 g/mol. The van der Waals surface area contributed by atoms with Crippen LogP contribution >= 0.6 is 0 Å². The molecule has 0 radical (unpaired) electrons. The third-order valence-corrected chi connectivity index (χ3v) is 3.91. The van der Waals surface area contributed by atoms with Crippen molar-refractivity contribution < 1.29 is 14.2 Å². The van der Waals surface area contributed by atoms with E-state index >= 15 is 0 Å². The first-order valence-electron chi connectivity index (χ1n) is 8.52. The van der Waals surface area contributed by atoms with Crippen LogP contribution in [0.5, 0.6) is 17.2 Å². The van der Waals surface area contributed by atoms with Crippen molar-refractivity contribution in [3.63, 3.8) is 0 Å². The maximum atomic E-state index is 5.98. The zero-order chi connectivity index (χ0) is 17.5. The van der Waals surface area contributed by atoms with E-state index < -0.39 is 0 Å². The van der Waals surface area contributed by atoms with Crippen molar-refractivity contribution >= 4 is 0 Å². The number of ether oxygens (including phenoxy) is 3. The van der Waals surface area contributed by atoms with Crippen molar-refractivity contribution in [1.82, 2.24) is 0 Å². The van der Waals surface area contributed by atoms with Crippen molar-refractivity contribution in [3.05, 3.63) is 53.1 Å². The Morgan fingerprint density at radius 2 is 1.38 bits per heavy atom. The molecule has 2 aromatic carbocycles. The van der Waals surface area contributed by atoms with Gasteiger partial charge in [-0.05, 0) is 54.7 Å². The van der Waals surface area contributed by atoms with E-state index in [0.29, 0.717) is 19.1 Å². The predicted octanol–water partition coefficient (Wildman–Crippen LogP) is 5.28. The summed E-state index contributed by atoms with van der Waals surface area (Å²) in [5, 5.41) is 0. The highest BCUT2D eigenvalue weighted by molar-refractivity contribution is 5.42. The molecule has 0 aliphatic rings. The minimum atomic E-state index is 0.452. The van der Waals surface area contributed by atoms with Gasteiger partial charge in [-0.25, -0.2) is 0 Å². The van der Waals surface area contributed by atoms with Crippen molar-refractivity contribution in [2.24, 2.45) is 0 Å². The number of benzene rings is 2. The lowest BCUT2D eigenvalue weighted by Gasteiger charge is -2.15. The molecule has 0 aliphatic heterocycles. The maximum Gasteiger partial charge on any atom is 0.161 e.